The van der Waals surface area contributed by atoms with Crippen molar-refractivity contribution in [3.05, 3.63) is 36.2 Å². The van der Waals surface area contributed by atoms with Crippen molar-refractivity contribution in [1.29, 1.82) is 0 Å². The minimum atomic E-state index is -5.19. The van der Waals surface area contributed by atoms with Gasteiger partial charge < -0.3 is 44.2 Å². The van der Waals surface area contributed by atoms with E-state index in [1.165, 1.54) is 0 Å². The molecule has 1 aromatic carbocycles. The molecule has 0 saturated carbocycles. The van der Waals surface area contributed by atoms with Gasteiger partial charge in [-0.15, -0.1) is 4.68 Å². The number of nitrogens with two attached hydrogens (primary N) is 1. The average Bonchev–Trinajstić information content (AvgIpc) is 3.43. The molecular weight excluding hydrogens is 759 g/mol. The summed E-state index contributed by atoms with van der Waals surface area (Å²) < 4.78 is 58.2. The molecule has 19 heteroatoms. The Labute approximate surface area is 330 Å². The lowest BCUT2D eigenvalue weighted by atomic mass is 9.89. The van der Waals surface area contributed by atoms with Gasteiger partial charge in [0.1, 0.15) is 41.2 Å². The molecular formula is C38H56F3N5O11. The van der Waals surface area contributed by atoms with E-state index in [4.69, 9.17) is 39.6 Å². The summed E-state index contributed by atoms with van der Waals surface area (Å²) in [5, 5.41) is 22.3. The van der Waals surface area contributed by atoms with Gasteiger partial charge in [0.25, 0.3) is 0 Å². The number of nitrogens with one attached hydrogen (secondary N) is 1. The summed E-state index contributed by atoms with van der Waals surface area (Å²) in [5.74, 6) is 2.84. The van der Waals surface area contributed by atoms with E-state index < -0.39 is 58.8 Å². The molecule has 3 heterocycles. The SMILES string of the molecule is CC(C)(C)OC(=O)NCC(O)Cn1cc(-c2ccc3c(c2)CC[C@H](C(C)(ON)C(=O)OC(C)(C)C)O3)c[n+]1CC1CN(C(=O)OC(C)(C)C)C1.O=C([O-])C(F)(F)F. The maximum atomic E-state index is 13.0. The van der Waals surface area contributed by atoms with Crippen molar-refractivity contribution in [3.63, 3.8) is 0 Å². The number of carbonyl (C=O) groups excluding carboxylic acids is 4. The van der Waals surface area contributed by atoms with E-state index in [0.717, 1.165) is 16.7 Å². The van der Waals surface area contributed by atoms with Gasteiger partial charge >= 0.3 is 24.3 Å². The van der Waals surface area contributed by atoms with E-state index in [-0.39, 0.29) is 25.1 Å². The van der Waals surface area contributed by atoms with Gasteiger partial charge in [0, 0.05) is 19.6 Å². The Balaban J connectivity index is 0.00000113. The first-order valence-corrected chi connectivity index (χ1v) is 18.4. The summed E-state index contributed by atoms with van der Waals surface area (Å²) in [7, 11) is 0. The highest BCUT2D eigenvalue weighted by molar-refractivity contribution is 5.80. The third-order valence-corrected chi connectivity index (χ3v) is 8.47. The minimum absolute atomic E-state index is 0.00432. The number of aliphatic hydroxyl groups excluding tert-OH is 1. The Kier molecular flexibility index (Phi) is 14.7. The van der Waals surface area contributed by atoms with Gasteiger partial charge in [0.15, 0.2) is 6.54 Å². The number of esters is 1. The van der Waals surface area contributed by atoms with E-state index in [2.05, 4.69) is 11.4 Å². The number of aryl methyl sites for hydroxylation is 1. The largest absolute Gasteiger partial charge is 0.542 e. The summed E-state index contributed by atoms with van der Waals surface area (Å²) in [5.41, 5.74) is -0.613. The van der Waals surface area contributed by atoms with Crippen LogP contribution in [0.5, 0.6) is 5.75 Å². The van der Waals surface area contributed by atoms with Crippen molar-refractivity contribution in [1.82, 2.24) is 14.9 Å². The summed E-state index contributed by atoms with van der Waals surface area (Å²) >= 11 is 0. The van der Waals surface area contributed by atoms with Crippen LogP contribution < -0.4 is 25.7 Å². The molecule has 16 nitrogen and oxygen atoms in total. The van der Waals surface area contributed by atoms with E-state index in [9.17, 15) is 32.7 Å². The highest BCUT2D eigenvalue weighted by Gasteiger charge is 2.48. The number of amides is 2. The fourth-order valence-corrected chi connectivity index (χ4v) is 5.78. The third-order valence-electron chi connectivity index (χ3n) is 8.47. The predicted molar refractivity (Wildman–Crippen MR) is 195 cm³/mol. The van der Waals surface area contributed by atoms with E-state index in [1.807, 2.05) is 54.7 Å². The zero-order chi connectivity index (χ0) is 43.3. The van der Waals surface area contributed by atoms with Gasteiger partial charge in [-0.2, -0.15) is 17.9 Å². The lowest BCUT2D eigenvalue weighted by Crippen LogP contribution is -2.58. The molecule has 0 spiro atoms. The number of halogens is 3. The molecule has 2 aliphatic heterocycles. The molecule has 2 unspecified atom stereocenters. The topological polar surface area (TPSA) is 208 Å². The molecule has 57 heavy (non-hydrogen) atoms. The number of alkyl carbamates (subject to hydrolysis) is 1. The van der Waals surface area contributed by atoms with Crippen molar-refractivity contribution in [3.8, 4) is 16.9 Å². The number of fused-ring (bicyclic) bond motifs is 1. The summed E-state index contributed by atoms with van der Waals surface area (Å²) in [6, 6.07) is 5.86. The van der Waals surface area contributed by atoms with Gasteiger partial charge in [0.05, 0.1) is 23.8 Å². The summed E-state index contributed by atoms with van der Waals surface area (Å²) in [4.78, 5) is 53.4. The van der Waals surface area contributed by atoms with E-state index in [1.54, 1.807) is 53.4 Å². The second-order valence-corrected chi connectivity index (χ2v) is 17.2. The average molecular weight is 816 g/mol. The maximum Gasteiger partial charge on any atom is 0.430 e. The monoisotopic (exact) mass is 815 g/mol. The van der Waals surface area contributed by atoms with Crippen molar-refractivity contribution in [2.24, 2.45) is 11.8 Å². The first-order valence-electron chi connectivity index (χ1n) is 18.4. The smallest absolute Gasteiger partial charge is 0.430 e. The fourth-order valence-electron chi connectivity index (χ4n) is 5.78. The first-order chi connectivity index (χ1) is 26.0. The predicted octanol–water partition coefficient (Wildman–Crippen LogP) is 3.18. The number of hydrogen-bond acceptors (Lipinski definition) is 12. The number of aliphatic carboxylic acids is 1. The molecule has 2 aliphatic rings. The zero-order valence-corrected chi connectivity index (χ0v) is 34.2. The second kappa shape index (κ2) is 17.9. The number of benzene rings is 1. The molecule has 4 N–H and O–H groups in total. The van der Waals surface area contributed by atoms with Crippen LogP contribution in [0.2, 0.25) is 0 Å². The van der Waals surface area contributed by atoms with Crippen LogP contribution in [-0.4, -0.2) is 99.2 Å². The van der Waals surface area contributed by atoms with Gasteiger partial charge in [-0.25, -0.2) is 20.3 Å². The Morgan fingerprint density at radius 2 is 1.54 bits per heavy atom. The minimum Gasteiger partial charge on any atom is -0.542 e. The van der Waals surface area contributed by atoms with Crippen LogP contribution >= 0.6 is 0 Å². The van der Waals surface area contributed by atoms with Crippen LogP contribution in [0.25, 0.3) is 11.1 Å². The van der Waals surface area contributed by atoms with Gasteiger partial charge in [-0.1, -0.05) is 6.07 Å². The van der Waals surface area contributed by atoms with Crippen LogP contribution in [-0.2, 0) is 48.1 Å². The number of carboxylic acid groups (broad SMARTS) is 1. The molecule has 1 fully saturated rings. The highest BCUT2D eigenvalue weighted by Crippen LogP contribution is 2.36. The quantitative estimate of drug-likeness (QED) is 0.137. The molecule has 2 amide bonds. The van der Waals surface area contributed by atoms with Crippen molar-refractivity contribution in [2.75, 3.05) is 19.6 Å². The fraction of sp³-hybridized carbons (Fsp3) is 0.658. The molecule has 0 radical (unpaired) electrons. The number of aromatic nitrogens is 2. The molecule has 3 atom stereocenters. The standard InChI is InChI=1S/C36H55N5O9.C2HF3O2/c1-33(2,3)47-30(43)36(10,50-37)29-14-12-25-15-24(11-13-28(25)46-29)26-20-40(19-23-17-39(18-23)32(45)49-35(7,8)9)41(21-26)22-27(42)16-38-31(44)48-34(4,5)6;3-2(4,5)1(6)7/h11,13,15,20-21,23,27,29,42H,12,14,16-19,22,37H2,1-10H3;(H,6,7)/t27?,29-,36?;/m1./s1. The lowest BCUT2D eigenvalue weighted by Gasteiger charge is -2.38. The van der Waals surface area contributed by atoms with Crippen molar-refractivity contribution in [2.45, 2.75) is 136 Å². The van der Waals surface area contributed by atoms with Crippen LogP contribution in [0.3, 0.4) is 0 Å². The molecule has 1 aromatic heterocycles. The number of rotatable bonds is 10. The van der Waals surface area contributed by atoms with Gasteiger partial charge in [-0.05, 0) is 105 Å². The van der Waals surface area contributed by atoms with E-state index >= 15 is 0 Å². The molecule has 320 valence electrons. The van der Waals surface area contributed by atoms with Crippen LogP contribution in [0.1, 0.15) is 81.2 Å². The van der Waals surface area contributed by atoms with Crippen LogP contribution in [0, 0.1) is 5.92 Å². The van der Waals surface area contributed by atoms with Gasteiger partial charge in [-0.3, -0.25) is 4.84 Å². The number of carboxylic acids is 1. The maximum absolute atomic E-state index is 13.0. The van der Waals surface area contributed by atoms with Crippen LogP contribution in [0.15, 0.2) is 30.6 Å². The summed E-state index contributed by atoms with van der Waals surface area (Å²) in [6.07, 6.45) is -2.60. The lowest BCUT2D eigenvalue weighted by molar-refractivity contribution is -0.782. The van der Waals surface area contributed by atoms with E-state index in [0.29, 0.717) is 38.2 Å². The Morgan fingerprint density at radius 1 is 0.965 bits per heavy atom. The Morgan fingerprint density at radius 3 is 2.07 bits per heavy atom. The number of hydrogen-bond donors (Lipinski definition) is 3. The number of aliphatic hydroxyl groups is 1. The van der Waals surface area contributed by atoms with Crippen molar-refractivity contribution >= 4 is 24.1 Å². The molecule has 0 aliphatic carbocycles. The number of alkyl halides is 3. The number of ether oxygens (including phenoxy) is 4. The number of nitrogens with zero attached hydrogens (tertiary/aromatic N) is 3. The zero-order valence-electron chi connectivity index (χ0n) is 34.2. The summed E-state index contributed by atoms with van der Waals surface area (Å²) in [6.45, 7) is 19.7. The number of likely N-dealkylation sites (tertiary alicyclic amines) is 1. The first kappa shape index (κ1) is 46.8. The Bertz CT molecular complexity index is 1720. The Hall–Kier alpha value is -4.62. The molecule has 0 bridgehead atoms. The molecule has 4 rings (SSSR count). The normalized spacial score (nSPS) is 17.7. The molecule has 1 saturated heterocycles. The third kappa shape index (κ3) is 14.1. The molecule has 2 aromatic rings. The van der Waals surface area contributed by atoms with Gasteiger partial charge in [0.2, 0.25) is 11.8 Å². The van der Waals surface area contributed by atoms with Crippen molar-refractivity contribution < 1.29 is 71.0 Å². The van der Waals surface area contributed by atoms with Crippen LogP contribution in [0.4, 0.5) is 22.8 Å². The number of carbonyl (C=O) groups is 4. The highest BCUT2D eigenvalue weighted by atomic mass is 19.4. The second-order valence-electron chi connectivity index (χ2n) is 17.2.